The van der Waals surface area contributed by atoms with Crippen LogP contribution in [0.5, 0.6) is 0 Å². The van der Waals surface area contributed by atoms with E-state index in [9.17, 15) is 18.0 Å². The standard InChI is InChI=1S/C18H24N2O5S2/c1-25-18(22)15-4-2-3-5-16(15)27(23,24)20-8-6-14(7-9-20)17(21)19-10-12-26-13-11-19/h2-5,14H,6-13H2,1H3. The zero-order valence-corrected chi connectivity index (χ0v) is 16.9. The molecule has 27 heavy (non-hydrogen) atoms. The molecule has 0 bridgehead atoms. The Bertz CT molecular complexity index is 798. The molecule has 0 saturated carbocycles. The number of sulfonamides is 1. The number of hydrogen-bond acceptors (Lipinski definition) is 6. The highest BCUT2D eigenvalue weighted by atomic mass is 32.2. The van der Waals surface area contributed by atoms with Gasteiger partial charge in [0.05, 0.1) is 17.6 Å². The molecule has 0 aromatic heterocycles. The smallest absolute Gasteiger partial charge is 0.339 e. The molecule has 0 radical (unpaired) electrons. The number of carbonyl (C=O) groups is 2. The molecule has 1 amide bonds. The monoisotopic (exact) mass is 412 g/mol. The lowest BCUT2D eigenvalue weighted by Crippen LogP contribution is -2.46. The van der Waals surface area contributed by atoms with E-state index in [0.29, 0.717) is 12.8 Å². The summed E-state index contributed by atoms with van der Waals surface area (Å²) < 4.78 is 32.1. The number of piperidine rings is 1. The minimum Gasteiger partial charge on any atom is -0.465 e. The van der Waals surface area contributed by atoms with Crippen LogP contribution < -0.4 is 0 Å². The van der Waals surface area contributed by atoms with E-state index < -0.39 is 16.0 Å². The first-order valence-corrected chi connectivity index (χ1v) is 11.6. The van der Waals surface area contributed by atoms with Gasteiger partial charge in [-0.15, -0.1) is 0 Å². The molecule has 9 heteroatoms. The summed E-state index contributed by atoms with van der Waals surface area (Å²) in [4.78, 5) is 26.4. The quantitative estimate of drug-likeness (QED) is 0.696. The number of ether oxygens (including phenoxy) is 1. The van der Waals surface area contributed by atoms with Crippen LogP contribution in [-0.4, -0.2) is 74.3 Å². The maximum absolute atomic E-state index is 13.0. The van der Waals surface area contributed by atoms with Crippen LogP contribution in [0.25, 0.3) is 0 Å². The Kier molecular flexibility index (Phi) is 6.44. The van der Waals surface area contributed by atoms with Gasteiger partial charge in [0.1, 0.15) is 0 Å². The highest BCUT2D eigenvalue weighted by molar-refractivity contribution is 7.99. The summed E-state index contributed by atoms with van der Waals surface area (Å²) in [6.45, 7) is 2.09. The zero-order chi connectivity index (χ0) is 19.4. The summed E-state index contributed by atoms with van der Waals surface area (Å²) in [5, 5.41) is 0. The maximum atomic E-state index is 13.0. The molecule has 0 unspecified atom stereocenters. The topological polar surface area (TPSA) is 84.0 Å². The van der Waals surface area contributed by atoms with Crippen molar-refractivity contribution in [2.24, 2.45) is 5.92 Å². The Morgan fingerprint density at radius 3 is 2.33 bits per heavy atom. The largest absolute Gasteiger partial charge is 0.465 e. The van der Waals surface area contributed by atoms with Crippen LogP contribution in [0.1, 0.15) is 23.2 Å². The van der Waals surface area contributed by atoms with E-state index in [1.807, 2.05) is 16.7 Å². The van der Waals surface area contributed by atoms with Crippen LogP contribution in [0.4, 0.5) is 0 Å². The summed E-state index contributed by atoms with van der Waals surface area (Å²) >= 11 is 1.85. The van der Waals surface area contributed by atoms with Gasteiger partial charge in [-0.3, -0.25) is 4.79 Å². The second-order valence-corrected chi connectivity index (χ2v) is 9.73. The number of esters is 1. The molecule has 148 valence electrons. The molecular weight excluding hydrogens is 388 g/mol. The lowest BCUT2D eigenvalue weighted by atomic mass is 9.96. The van der Waals surface area contributed by atoms with E-state index >= 15 is 0 Å². The molecule has 1 aromatic rings. The Morgan fingerprint density at radius 1 is 1.07 bits per heavy atom. The summed E-state index contributed by atoms with van der Waals surface area (Å²) in [5.74, 6) is 1.26. The molecule has 2 aliphatic heterocycles. The summed E-state index contributed by atoms with van der Waals surface area (Å²) in [6.07, 6.45) is 1.00. The van der Waals surface area contributed by atoms with Crippen molar-refractivity contribution in [3.63, 3.8) is 0 Å². The highest BCUT2D eigenvalue weighted by Crippen LogP contribution is 2.27. The predicted octanol–water partition coefficient (Wildman–Crippen LogP) is 1.45. The molecule has 7 nitrogen and oxygen atoms in total. The van der Waals surface area contributed by atoms with Gasteiger partial charge in [0.25, 0.3) is 0 Å². The molecule has 2 heterocycles. The number of benzene rings is 1. The van der Waals surface area contributed by atoms with Gasteiger partial charge in [0, 0.05) is 43.6 Å². The number of methoxy groups -OCH3 is 1. The number of rotatable bonds is 4. The molecule has 3 rings (SSSR count). The van der Waals surface area contributed by atoms with Crippen molar-refractivity contribution in [2.45, 2.75) is 17.7 Å². The Labute approximate surface area is 164 Å². The van der Waals surface area contributed by atoms with Gasteiger partial charge in [0.15, 0.2) is 0 Å². The van der Waals surface area contributed by atoms with Crippen LogP contribution >= 0.6 is 11.8 Å². The van der Waals surface area contributed by atoms with Gasteiger partial charge in [-0.1, -0.05) is 12.1 Å². The van der Waals surface area contributed by atoms with Crippen molar-refractivity contribution in [1.82, 2.24) is 9.21 Å². The fraction of sp³-hybridized carbons (Fsp3) is 0.556. The number of amides is 1. The molecule has 2 saturated heterocycles. The molecule has 0 aliphatic carbocycles. The number of nitrogens with zero attached hydrogens (tertiary/aromatic N) is 2. The van der Waals surface area contributed by atoms with E-state index in [1.54, 1.807) is 12.1 Å². The third-order valence-electron chi connectivity index (χ3n) is 5.04. The first-order chi connectivity index (χ1) is 12.9. The summed E-state index contributed by atoms with van der Waals surface area (Å²) in [6, 6.07) is 6.06. The lowest BCUT2D eigenvalue weighted by molar-refractivity contribution is -0.136. The SMILES string of the molecule is COC(=O)c1ccccc1S(=O)(=O)N1CCC(C(=O)N2CCSCC2)CC1. The Morgan fingerprint density at radius 2 is 1.70 bits per heavy atom. The zero-order valence-electron chi connectivity index (χ0n) is 15.3. The minimum atomic E-state index is -3.82. The van der Waals surface area contributed by atoms with E-state index in [0.717, 1.165) is 24.6 Å². The first kappa shape index (κ1) is 20.2. The summed E-state index contributed by atoms with van der Waals surface area (Å²) in [5.41, 5.74) is 0.0315. The molecular formula is C18H24N2O5S2. The van der Waals surface area contributed by atoms with Crippen molar-refractivity contribution in [3.05, 3.63) is 29.8 Å². The van der Waals surface area contributed by atoms with Gasteiger partial charge < -0.3 is 9.64 Å². The molecule has 1 aromatic carbocycles. The van der Waals surface area contributed by atoms with Gasteiger partial charge in [0.2, 0.25) is 15.9 Å². The normalized spacial score (nSPS) is 19.7. The first-order valence-electron chi connectivity index (χ1n) is 8.99. The molecule has 2 aliphatic rings. The fourth-order valence-electron chi connectivity index (χ4n) is 3.49. The van der Waals surface area contributed by atoms with Crippen molar-refractivity contribution >= 4 is 33.7 Å². The second kappa shape index (κ2) is 8.62. The second-order valence-electron chi connectivity index (χ2n) is 6.60. The molecule has 0 spiro atoms. The van der Waals surface area contributed by atoms with Crippen LogP contribution in [0.3, 0.4) is 0 Å². The number of carbonyl (C=O) groups excluding carboxylic acids is 2. The van der Waals surface area contributed by atoms with E-state index in [1.165, 1.54) is 23.5 Å². The third kappa shape index (κ3) is 4.30. The maximum Gasteiger partial charge on any atom is 0.339 e. The van der Waals surface area contributed by atoms with Gasteiger partial charge >= 0.3 is 5.97 Å². The average molecular weight is 413 g/mol. The van der Waals surface area contributed by atoms with Crippen molar-refractivity contribution in [2.75, 3.05) is 44.8 Å². The number of thioether (sulfide) groups is 1. The molecule has 0 N–H and O–H groups in total. The predicted molar refractivity (Wildman–Crippen MR) is 103 cm³/mol. The number of hydrogen-bond donors (Lipinski definition) is 0. The highest BCUT2D eigenvalue weighted by Gasteiger charge is 2.35. The van der Waals surface area contributed by atoms with Crippen molar-refractivity contribution < 1.29 is 22.7 Å². The lowest BCUT2D eigenvalue weighted by Gasteiger charge is -2.35. The van der Waals surface area contributed by atoms with Gasteiger partial charge in [-0.05, 0) is 25.0 Å². The van der Waals surface area contributed by atoms with Gasteiger partial charge in [-0.25, -0.2) is 13.2 Å². The van der Waals surface area contributed by atoms with Crippen LogP contribution in [0, 0.1) is 5.92 Å². The third-order valence-corrected chi connectivity index (χ3v) is 7.94. The Balaban J connectivity index is 1.70. The molecule has 2 fully saturated rings. The average Bonchev–Trinajstić information content (AvgIpc) is 2.73. The van der Waals surface area contributed by atoms with Crippen molar-refractivity contribution in [3.8, 4) is 0 Å². The Hall–Kier alpha value is -1.58. The van der Waals surface area contributed by atoms with Gasteiger partial charge in [-0.2, -0.15) is 16.1 Å². The molecule has 0 atom stereocenters. The van der Waals surface area contributed by atoms with Crippen LogP contribution in [-0.2, 0) is 19.6 Å². The van der Waals surface area contributed by atoms with Crippen LogP contribution in [0.2, 0.25) is 0 Å². The van der Waals surface area contributed by atoms with E-state index in [-0.39, 0.29) is 35.4 Å². The fourth-order valence-corrected chi connectivity index (χ4v) is 6.05. The minimum absolute atomic E-state index is 0.0315. The van der Waals surface area contributed by atoms with Crippen molar-refractivity contribution in [1.29, 1.82) is 0 Å². The van der Waals surface area contributed by atoms with E-state index in [4.69, 9.17) is 4.74 Å². The van der Waals surface area contributed by atoms with E-state index in [2.05, 4.69) is 0 Å². The summed E-state index contributed by atoms with van der Waals surface area (Å²) in [7, 11) is -2.59. The van der Waals surface area contributed by atoms with Crippen LogP contribution in [0.15, 0.2) is 29.2 Å².